The van der Waals surface area contributed by atoms with Crippen LogP contribution >= 0.6 is 23.2 Å². The molecule has 0 heterocycles. The molecule has 0 bridgehead atoms. The summed E-state index contributed by atoms with van der Waals surface area (Å²) in [5, 5.41) is 1.41. The molecule has 0 saturated heterocycles. The molecule has 1 unspecified atom stereocenters. The topological polar surface area (TPSA) is 47.3 Å². The van der Waals surface area contributed by atoms with Gasteiger partial charge >= 0.3 is 0 Å². The highest BCUT2D eigenvalue weighted by molar-refractivity contribution is 6.33. The average molecular weight is 331 g/mol. The molecule has 1 fully saturated rings. The first-order valence-electron chi connectivity index (χ1n) is 7.46. The fourth-order valence-corrected chi connectivity index (χ4v) is 3.65. The molecule has 0 radical (unpaired) electrons. The van der Waals surface area contributed by atoms with Crippen LogP contribution in [-0.2, 0) is 11.2 Å². The molecule has 3 nitrogen and oxygen atoms in total. The summed E-state index contributed by atoms with van der Waals surface area (Å²) >= 11 is 12.4. The van der Waals surface area contributed by atoms with Crippen molar-refractivity contribution in [3.63, 3.8) is 0 Å². The summed E-state index contributed by atoms with van der Waals surface area (Å²) in [6.07, 6.45) is 5.05. The van der Waals surface area contributed by atoms with Gasteiger partial charge in [-0.15, -0.1) is 0 Å². The van der Waals surface area contributed by atoms with Crippen LogP contribution in [0.3, 0.4) is 0 Å². The van der Waals surface area contributed by atoms with Crippen molar-refractivity contribution >= 4 is 23.2 Å². The third-order valence-corrected chi connectivity index (χ3v) is 5.40. The zero-order valence-electron chi connectivity index (χ0n) is 12.7. The Bertz CT molecular complexity index is 473. The van der Waals surface area contributed by atoms with E-state index in [-0.39, 0.29) is 11.6 Å². The monoisotopic (exact) mass is 330 g/mol. The number of nitrogens with two attached hydrogens (primary N) is 1. The number of halogens is 2. The summed E-state index contributed by atoms with van der Waals surface area (Å²) in [4.78, 5) is 0. The van der Waals surface area contributed by atoms with Crippen molar-refractivity contribution in [2.24, 2.45) is 11.8 Å². The summed E-state index contributed by atoms with van der Waals surface area (Å²) in [6.45, 7) is 2.29. The molecule has 0 aromatic heterocycles. The van der Waals surface area contributed by atoms with Crippen molar-refractivity contribution in [1.82, 2.24) is 5.43 Å². The molecule has 1 aromatic carbocycles. The number of nitrogens with one attached hydrogen (secondary N) is 1. The SMILES string of the molecule is COC1(C(Cc2cc(Cl)ccc2Cl)NN)CCC(C)CC1. The van der Waals surface area contributed by atoms with Crippen LogP contribution < -0.4 is 11.3 Å². The number of hydrogen-bond donors (Lipinski definition) is 2. The van der Waals surface area contributed by atoms with E-state index in [1.807, 2.05) is 12.1 Å². The minimum Gasteiger partial charge on any atom is -0.377 e. The van der Waals surface area contributed by atoms with Crippen LogP contribution in [0.4, 0.5) is 0 Å². The summed E-state index contributed by atoms with van der Waals surface area (Å²) in [5.74, 6) is 6.58. The van der Waals surface area contributed by atoms with Gasteiger partial charge < -0.3 is 4.74 Å². The van der Waals surface area contributed by atoms with E-state index in [0.29, 0.717) is 11.4 Å². The van der Waals surface area contributed by atoms with Crippen LogP contribution in [0.15, 0.2) is 18.2 Å². The number of benzene rings is 1. The maximum absolute atomic E-state index is 6.28. The molecule has 0 amide bonds. The fraction of sp³-hybridized carbons (Fsp3) is 0.625. The lowest BCUT2D eigenvalue weighted by Gasteiger charge is -2.44. The third-order valence-electron chi connectivity index (χ3n) is 4.80. The Balaban J connectivity index is 2.19. The summed E-state index contributed by atoms with van der Waals surface area (Å²) < 4.78 is 5.90. The molecular formula is C16H24Cl2N2O. The molecule has 1 aliphatic rings. The van der Waals surface area contributed by atoms with Gasteiger partial charge in [0, 0.05) is 17.2 Å². The predicted octanol–water partition coefficient (Wildman–Crippen LogP) is 3.96. The van der Waals surface area contributed by atoms with Gasteiger partial charge in [-0.2, -0.15) is 0 Å². The molecule has 2 rings (SSSR count). The highest BCUT2D eigenvalue weighted by Gasteiger charge is 2.41. The average Bonchev–Trinajstić information content (AvgIpc) is 2.49. The Morgan fingerprint density at radius 3 is 2.62 bits per heavy atom. The first-order chi connectivity index (χ1) is 10.0. The number of rotatable bonds is 5. The lowest BCUT2D eigenvalue weighted by Crippen LogP contribution is -2.57. The van der Waals surface area contributed by atoms with Gasteiger partial charge in [0.15, 0.2) is 0 Å². The Kier molecular flexibility index (Phi) is 5.92. The quantitative estimate of drug-likeness (QED) is 0.634. The van der Waals surface area contributed by atoms with Gasteiger partial charge in [-0.3, -0.25) is 11.3 Å². The lowest BCUT2D eigenvalue weighted by molar-refractivity contribution is -0.0746. The second-order valence-corrected chi connectivity index (χ2v) is 6.95. The van der Waals surface area contributed by atoms with Crippen molar-refractivity contribution in [2.45, 2.75) is 50.7 Å². The summed E-state index contributed by atoms with van der Waals surface area (Å²) in [6, 6.07) is 5.55. The van der Waals surface area contributed by atoms with Crippen LogP contribution in [0.1, 0.15) is 38.2 Å². The number of ether oxygens (including phenoxy) is 1. The van der Waals surface area contributed by atoms with Gasteiger partial charge in [-0.1, -0.05) is 30.1 Å². The van der Waals surface area contributed by atoms with Gasteiger partial charge in [0.05, 0.1) is 11.6 Å². The molecule has 1 aromatic rings. The molecule has 118 valence electrons. The largest absolute Gasteiger partial charge is 0.377 e. The zero-order chi connectivity index (χ0) is 15.5. The molecule has 3 N–H and O–H groups in total. The van der Waals surface area contributed by atoms with Crippen LogP contribution in [0.25, 0.3) is 0 Å². The third kappa shape index (κ3) is 3.91. The van der Waals surface area contributed by atoms with E-state index in [4.69, 9.17) is 33.8 Å². The van der Waals surface area contributed by atoms with E-state index in [0.717, 1.165) is 42.2 Å². The number of hydrogen-bond acceptors (Lipinski definition) is 3. The van der Waals surface area contributed by atoms with Crippen LogP contribution in [0.5, 0.6) is 0 Å². The second-order valence-electron chi connectivity index (χ2n) is 6.11. The molecular weight excluding hydrogens is 307 g/mol. The summed E-state index contributed by atoms with van der Waals surface area (Å²) in [7, 11) is 1.78. The normalized spacial score (nSPS) is 27.6. The molecule has 1 aliphatic carbocycles. The fourth-order valence-electron chi connectivity index (χ4n) is 3.26. The van der Waals surface area contributed by atoms with Gasteiger partial charge in [0.1, 0.15) is 0 Å². The Labute approximate surface area is 137 Å². The van der Waals surface area contributed by atoms with Crippen molar-refractivity contribution in [1.29, 1.82) is 0 Å². The molecule has 21 heavy (non-hydrogen) atoms. The van der Waals surface area contributed by atoms with Gasteiger partial charge in [-0.05, 0) is 61.8 Å². The van der Waals surface area contributed by atoms with Crippen molar-refractivity contribution < 1.29 is 4.74 Å². The van der Waals surface area contributed by atoms with Crippen LogP contribution in [0.2, 0.25) is 10.0 Å². The highest BCUT2D eigenvalue weighted by atomic mass is 35.5. The van der Waals surface area contributed by atoms with E-state index < -0.39 is 0 Å². The van der Waals surface area contributed by atoms with Gasteiger partial charge in [0.25, 0.3) is 0 Å². The minimum atomic E-state index is -0.229. The Morgan fingerprint density at radius 1 is 1.38 bits per heavy atom. The van der Waals surface area contributed by atoms with Gasteiger partial charge in [-0.25, -0.2) is 0 Å². The Hall–Kier alpha value is -0.320. The molecule has 1 saturated carbocycles. The van der Waals surface area contributed by atoms with E-state index in [1.165, 1.54) is 0 Å². The number of hydrazine groups is 1. The smallest absolute Gasteiger partial charge is 0.0847 e. The lowest BCUT2D eigenvalue weighted by atomic mass is 9.74. The molecule has 5 heteroatoms. The Morgan fingerprint density at radius 2 is 2.05 bits per heavy atom. The zero-order valence-corrected chi connectivity index (χ0v) is 14.2. The first-order valence-corrected chi connectivity index (χ1v) is 8.21. The van der Waals surface area contributed by atoms with Crippen LogP contribution in [0, 0.1) is 5.92 Å². The van der Waals surface area contributed by atoms with E-state index in [9.17, 15) is 0 Å². The maximum Gasteiger partial charge on any atom is 0.0847 e. The molecule has 0 spiro atoms. The summed E-state index contributed by atoms with van der Waals surface area (Å²) in [5.41, 5.74) is 3.72. The van der Waals surface area contributed by atoms with Crippen molar-refractivity contribution in [2.75, 3.05) is 7.11 Å². The molecule has 0 aliphatic heterocycles. The minimum absolute atomic E-state index is 0.0194. The van der Waals surface area contributed by atoms with E-state index in [1.54, 1.807) is 13.2 Å². The maximum atomic E-state index is 6.28. The highest BCUT2D eigenvalue weighted by Crippen LogP contribution is 2.38. The second kappa shape index (κ2) is 7.30. The van der Waals surface area contributed by atoms with Crippen LogP contribution in [-0.4, -0.2) is 18.8 Å². The molecule has 1 atom stereocenters. The standard InChI is InChI=1S/C16H24Cl2N2O/c1-11-5-7-16(21-2,8-6-11)15(20-19)10-12-9-13(17)3-4-14(12)18/h3-4,9,11,15,20H,5-8,10,19H2,1-2H3. The van der Waals surface area contributed by atoms with Gasteiger partial charge in [0.2, 0.25) is 0 Å². The van der Waals surface area contributed by atoms with E-state index in [2.05, 4.69) is 12.3 Å². The van der Waals surface area contributed by atoms with Crippen molar-refractivity contribution in [3.8, 4) is 0 Å². The predicted molar refractivity (Wildman–Crippen MR) is 88.6 cm³/mol. The van der Waals surface area contributed by atoms with E-state index >= 15 is 0 Å². The first kappa shape index (κ1) is 17.0. The number of methoxy groups -OCH3 is 1. The van der Waals surface area contributed by atoms with Crippen molar-refractivity contribution in [3.05, 3.63) is 33.8 Å².